The molecule has 0 radical (unpaired) electrons. The standard InChI is InChI=1S/C23H24N4OS3/c1-3-27-22(20-11-5-4-8-17(20)2)24-25-23(27)31-16-21(28)26(14-18-9-6-12-29-18)15-19-10-7-13-30-19/h4-13H,3,14-16H2,1-2H3. The van der Waals surface area contributed by atoms with Crippen molar-refractivity contribution < 1.29 is 4.79 Å². The predicted octanol–water partition coefficient (Wildman–Crippen LogP) is 5.72. The van der Waals surface area contributed by atoms with Crippen LogP contribution in [0.25, 0.3) is 11.4 Å². The summed E-state index contributed by atoms with van der Waals surface area (Å²) in [6.45, 7) is 6.17. The zero-order valence-corrected chi connectivity index (χ0v) is 20.0. The van der Waals surface area contributed by atoms with E-state index in [9.17, 15) is 4.79 Å². The lowest BCUT2D eigenvalue weighted by Gasteiger charge is -2.21. The van der Waals surface area contributed by atoms with E-state index in [0.29, 0.717) is 18.8 Å². The van der Waals surface area contributed by atoms with Crippen molar-refractivity contribution in [1.82, 2.24) is 19.7 Å². The van der Waals surface area contributed by atoms with E-state index in [4.69, 9.17) is 0 Å². The van der Waals surface area contributed by atoms with Gasteiger partial charge in [-0.2, -0.15) is 0 Å². The highest BCUT2D eigenvalue weighted by Crippen LogP contribution is 2.27. The topological polar surface area (TPSA) is 51.0 Å². The molecule has 4 aromatic rings. The lowest BCUT2D eigenvalue weighted by atomic mass is 10.1. The average Bonchev–Trinajstić information content (AvgIpc) is 3.54. The lowest BCUT2D eigenvalue weighted by Crippen LogP contribution is -2.31. The summed E-state index contributed by atoms with van der Waals surface area (Å²) < 4.78 is 2.09. The van der Waals surface area contributed by atoms with Crippen molar-refractivity contribution in [2.75, 3.05) is 5.75 Å². The highest BCUT2D eigenvalue weighted by molar-refractivity contribution is 7.99. The van der Waals surface area contributed by atoms with E-state index in [-0.39, 0.29) is 5.91 Å². The molecule has 0 unspecified atom stereocenters. The van der Waals surface area contributed by atoms with Gasteiger partial charge in [0.1, 0.15) is 0 Å². The van der Waals surface area contributed by atoms with Gasteiger partial charge < -0.3 is 9.47 Å². The summed E-state index contributed by atoms with van der Waals surface area (Å²) in [5.41, 5.74) is 2.24. The van der Waals surface area contributed by atoms with Gasteiger partial charge >= 0.3 is 0 Å². The summed E-state index contributed by atoms with van der Waals surface area (Å²) in [4.78, 5) is 17.5. The van der Waals surface area contributed by atoms with Crippen molar-refractivity contribution in [1.29, 1.82) is 0 Å². The molecule has 3 heterocycles. The smallest absolute Gasteiger partial charge is 0.233 e. The van der Waals surface area contributed by atoms with Gasteiger partial charge in [-0.1, -0.05) is 48.2 Å². The summed E-state index contributed by atoms with van der Waals surface area (Å²) in [5.74, 6) is 1.29. The Morgan fingerprint density at radius 1 is 1.00 bits per heavy atom. The SMILES string of the molecule is CCn1c(SCC(=O)N(Cc2cccs2)Cc2cccs2)nnc1-c1ccccc1C. The number of aromatic nitrogens is 3. The van der Waals surface area contributed by atoms with Crippen molar-refractivity contribution in [3.8, 4) is 11.4 Å². The van der Waals surface area contributed by atoms with Crippen molar-refractivity contribution in [3.05, 3.63) is 74.6 Å². The zero-order chi connectivity index (χ0) is 21.6. The maximum Gasteiger partial charge on any atom is 0.233 e. The third-order valence-electron chi connectivity index (χ3n) is 4.95. The van der Waals surface area contributed by atoms with E-state index in [0.717, 1.165) is 28.7 Å². The molecule has 0 fully saturated rings. The van der Waals surface area contributed by atoms with Crippen molar-refractivity contribution in [2.24, 2.45) is 0 Å². The Kier molecular flexibility index (Phi) is 7.21. The van der Waals surface area contributed by atoms with Gasteiger partial charge in [0.15, 0.2) is 11.0 Å². The molecule has 0 aliphatic carbocycles. The van der Waals surface area contributed by atoms with Crippen LogP contribution in [0, 0.1) is 6.92 Å². The van der Waals surface area contributed by atoms with Crippen LogP contribution in [0.5, 0.6) is 0 Å². The number of carbonyl (C=O) groups is 1. The maximum absolute atomic E-state index is 13.2. The molecular formula is C23H24N4OS3. The summed E-state index contributed by atoms with van der Waals surface area (Å²) in [5, 5.41) is 13.7. The van der Waals surface area contributed by atoms with Crippen LogP contribution in [0.3, 0.4) is 0 Å². The first-order chi connectivity index (χ1) is 15.2. The summed E-state index contributed by atoms with van der Waals surface area (Å²) in [6.07, 6.45) is 0. The number of hydrogen-bond donors (Lipinski definition) is 0. The fraction of sp³-hybridized carbons (Fsp3) is 0.261. The van der Waals surface area contributed by atoms with Gasteiger partial charge in [0.25, 0.3) is 0 Å². The van der Waals surface area contributed by atoms with Crippen LogP contribution < -0.4 is 0 Å². The second kappa shape index (κ2) is 10.3. The van der Waals surface area contributed by atoms with E-state index in [2.05, 4.69) is 63.6 Å². The summed E-state index contributed by atoms with van der Waals surface area (Å²) in [7, 11) is 0. The van der Waals surface area contributed by atoms with E-state index >= 15 is 0 Å². The summed E-state index contributed by atoms with van der Waals surface area (Å²) in [6, 6.07) is 16.4. The minimum atomic E-state index is 0.106. The van der Waals surface area contributed by atoms with E-state index in [1.807, 2.05) is 29.2 Å². The van der Waals surface area contributed by atoms with Gasteiger partial charge in [0.05, 0.1) is 18.8 Å². The molecule has 3 aromatic heterocycles. The van der Waals surface area contributed by atoms with Crippen LogP contribution in [0.4, 0.5) is 0 Å². The fourth-order valence-corrected chi connectivity index (χ4v) is 5.68. The highest BCUT2D eigenvalue weighted by atomic mass is 32.2. The highest BCUT2D eigenvalue weighted by Gasteiger charge is 2.19. The molecule has 0 bridgehead atoms. The Hall–Kier alpha value is -2.42. The lowest BCUT2D eigenvalue weighted by molar-refractivity contribution is -0.129. The fourth-order valence-electron chi connectivity index (χ4n) is 3.33. The van der Waals surface area contributed by atoms with Gasteiger partial charge in [-0.05, 0) is 42.3 Å². The second-order valence-electron chi connectivity index (χ2n) is 7.06. The molecule has 160 valence electrons. The molecular weight excluding hydrogens is 444 g/mol. The van der Waals surface area contributed by atoms with Crippen molar-refractivity contribution >= 4 is 40.3 Å². The number of rotatable bonds is 9. The number of carbonyl (C=O) groups excluding carboxylic acids is 1. The van der Waals surface area contributed by atoms with Gasteiger partial charge in [0.2, 0.25) is 5.91 Å². The van der Waals surface area contributed by atoms with Gasteiger partial charge in [-0.25, -0.2) is 0 Å². The number of amides is 1. The molecule has 0 atom stereocenters. The number of thioether (sulfide) groups is 1. The molecule has 5 nitrogen and oxygen atoms in total. The molecule has 0 aliphatic rings. The average molecular weight is 469 g/mol. The predicted molar refractivity (Wildman–Crippen MR) is 129 cm³/mol. The van der Waals surface area contributed by atoms with Crippen LogP contribution >= 0.6 is 34.4 Å². The first kappa shape index (κ1) is 21.8. The third-order valence-corrected chi connectivity index (χ3v) is 7.62. The van der Waals surface area contributed by atoms with Crippen LogP contribution in [0.1, 0.15) is 22.2 Å². The molecule has 1 aromatic carbocycles. The molecule has 1 amide bonds. The van der Waals surface area contributed by atoms with E-state index < -0.39 is 0 Å². The molecule has 31 heavy (non-hydrogen) atoms. The first-order valence-electron chi connectivity index (χ1n) is 10.1. The zero-order valence-electron chi connectivity index (χ0n) is 17.5. The Bertz CT molecular complexity index is 1080. The Morgan fingerprint density at radius 2 is 1.68 bits per heavy atom. The number of hydrogen-bond acceptors (Lipinski definition) is 6. The van der Waals surface area contributed by atoms with Gasteiger partial charge in [-0.15, -0.1) is 32.9 Å². The minimum absolute atomic E-state index is 0.106. The number of aryl methyl sites for hydroxylation is 1. The number of thiophene rings is 2. The van der Waals surface area contributed by atoms with E-state index in [1.165, 1.54) is 21.5 Å². The van der Waals surface area contributed by atoms with Gasteiger partial charge in [0, 0.05) is 21.9 Å². The molecule has 0 N–H and O–H groups in total. The molecule has 0 saturated heterocycles. The molecule has 8 heteroatoms. The maximum atomic E-state index is 13.2. The van der Waals surface area contributed by atoms with E-state index in [1.54, 1.807) is 22.7 Å². The second-order valence-corrected chi connectivity index (χ2v) is 10.1. The van der Waals surface area contributed by atoms with Crippen LogP contribution in [0.2, 0.25) is 0 Å². The van der Waals surface area contributed by atoms with Crippen LogP contribution in [0.15, 0.2) is 64.4 Å². The Labute approximate surface area is 194 Å². The minimum Gasteiger partial charge on any atom is -0.332 e. The largest absolute Gasteiger partial charge is 0.332 e. The quantitative estimate of drug-likeness (QED) is 0.295. The Morgan fingerprint density at radius 3 is 2.26 bits per heavy atom. The Balaban J connectivity index is 1.49. The van der Waals surface area contributed by atoms with Gasteiger partial charge in [-0.3, -0.25) is 4.79 Å². The number of benzene rings is 1. The van der Waals surface area contributed by atoms with Crippen LogP contribution in [-0.4, -0.2) is 31.3 Å². The first-order valence-corrected chi connectivity index (χ1v) is 12.8. The van der Waals surface area contributed by atoms with Crippen molar-refractivity contribution in [3.63, 3.8) is 0 Å². The summed E-state index contributed by atoms with van der Waals surface area (Å²) >= 11 is 4.82. The molecule has 4 rings (SSSR count). The molecule has 0 saturated carbocycles. The van der Waals surface area contributed by atoms with Crippen molar-refractivity contribution in [2.45, 2.75) is 38.6 Å². The van der Waals surface area contributed by atoms with Crippen LogP contribution in [-0.2, 0) is 24.4 Å². The third kappa shape index (κ3) is 5.26. The molecule has 0 spiro atoms. The number of nitrogens with zero attached hydrogens (tertiary/aromatic N) is 4. The monoisotopic (exact) mass is 468 g/mol. The normalized spacial score (nSPS) is 11.0. The molecule has 0 aliphatic heterocycles.